The van der Waals surface area contributed by atoms with Gasteiger partial charge in [-0.3, -0.25) is 0 Å². The third-order valence-corrected chi connectivity index (χ3v) is 3.36. The van der Waals surface area contributed by atoms with Crippen molar-refractivity contribution in [3.63, 3.8) is 0 Å². The molecule has 4 heteroatoms. The summed E-state index contributed by atoms with van der Waals surface area (Å²) < 4.78 is 6.71. The fourth-order valence-corrected chi connectivity index (χ4v) is 2.23. The predicted octanol–water partition coefficient (Wildman–Crippen LogP) is 4.57. The van der Waals surface area contributed by atoms with Gasteiger partial charge in [-0.2, -0.15) is 0 Å². The molecule has 0 aromatic heterocycles. The average Bonchev–Trinajstić information content (AvgIpc) is 2.30. The van der Waals surface area contributed by atoms with E-state index >= 15 is 0 Å². The summed E-state index contributed by atoms with van der Waals surface area (Å²) in [7, 11) is 0. The third-order valence-electron chi connectivity index (χ3n) is 2.63. The summed E-state index contributed by atoms with van der Waals surface area (Å²) >= 11 is 9.27. The molecule has 18 heavy (non-hydrogen) atoms. The second-order valence-electron chi connectivity index (χ2n) is 4.04. The van der Waals surface area contributed by atoms with Crippen LogP contribution in [0.5, 0.6) is 5.75 Å². The quantitative estimate of drug-likeness (QED) is 0.838. The van der Waals surface area contributed by atoms with Gasteiger partial charge in [0.05, 0.1) is 0 Å². The molecule has 0 aliphatic carbocycles. The number of hydrogen-bond donors (Lipinski definition) is 1. The zero-order chi connectivity index (χ0) is 13.1. The monoisotopic (exact) mass is 325 g/mol. The topological polar surface area (TPSA) is 35.2 Å². The van der Waals surface area contributed by atoms with E-state index in [1.165, 1.54) is 0 Å². The van der Waals surface area contributed by atoms with Gasteiger partial charge in [-0.15, -0.1) is 0 Å². The van der Waals surface area contributed by atoms with Gasteiger partial charge in [-0.25, -0.2) is 0 Å². The Labute approximate surface area is 120 Å². The summed E-state index contributed by atoms with van der Waals surface area (Å²) in [5, 5.41) is 0.711. The molecule has 0 amide bonds. The lowest BCUT2D eigenvalue weighted by atomic mass is 10.2. The molecule has 0 aliphatic rings. The molecule has 0 bridgehead atoms. The summed E-state index contributed by atoms with van der Waals surface area (Å²) in [5.74, 6) is 0.821. The van der Waals surface area contributed by atoms with Gasteiger partial charge in [0, 0.05) is 20.7 Å². The van der Waals surface area contributed by atoms with Crippen molar-refractivity contribution in [2.75, 3.05) is 5.73 Å². The average molecular weight is 327 g/mol. The summed E-state index contributed by atoms with van der Waals surface area (Å²) in [6.07, 6.45) is 0. The molecule has 94 valence electrons. The van der Waals surface area contributed by atoms with Crippen molar-refractivity contribution >= 4 is 33.2 Å². The van der Waals surface area contributed by atoms with E-state index in [0.29, 0.717) is 11.6 Å². The van der Waals surface area contributed by atoms with Crippen LogP contribution in [0.3, 0.4) is 0 Å². The first-order chi connectivity index (χ1) is 8.56. The maximum Gasteiger partial charge on any atom is 0.122 e. The van der Waals surface area contributed by atoms with Crippen LogP contribution in [-0.4, -0.2) is 0 Å². The molecule has 0 heterocycles. The van der Waals surface area contributed by atoms with E-state index in [4.69, 9.17) is 22.1 Å². The molecule has 0 atom stereocenters. The summed E-state index contributed by atoms with van der Waals surface area (Å²) in [4.78, 5) is 0. The van der Waals surface area contributed by atoms with Crippen molar-refractivity contribution in [1.29, 1.82) is 0 Å². The Morgan fingerprint density at radius 1 is 1.22 bits per heavy atom. The first-order valence-electron chi connectivity index (χ1n) is 5.49. The maximum absolute atomic E-state index is 5.92. The van der Waals surface area contributed by atoms with Crippen LogP contribution >= 0.6 is 27.5 Å². The minimum absolute atomic E-state index is 0.446. The number of rotatable bonds is 3. The van der Waals surface area contributed by atoms with Crippen molar-refractivity contribution in [3.8, 4) is 5.75 Å². The number of hydrogen-bond acceptors (Lipinski definition) is 2. The maximum atomic E-state index is 5.92. The van der Waals surface area contributed by atoms with Gasteiger partial charge in [-0.05, 0) is 42.8 Å². The standard InChI is InChI=1S/C14H13BrClNO/c1-9-6-12(16)4-5-14(9)18-8-10-2-3-11(15)7-13(10)17/h2-7H,8,17H2,1H3. The van der Waals surface area contributed by atoms with Crippen LogP contribution < -0.4 is 10.5 Å². The summed E-state index contributed by atoms with van der Waals surface area (Å²) in [5.41, 5.74) is 8.61. The molecule has 0 saturated heterocycles. The second-order valence-corrected chi connectivity index (χ2v) is 5.39. The van der Waals surface area contributed by atoms with Crippen LogP contribution in [-0.2, 0) is 6.61 Å². The van der Waals surface area contributed by atoms with Gasteiger partial charge in [-0.1, -0.05) is 33.6 Å². The molecule has 2 N–H and O–H groups in total. The zero-order valence-corrected chi connectivity index (χ0v) is 12.3. The Balaban J connectivity index is 2.11. The SMILES string of the molecule is Cc1cc(Cl)ccc1OCc1ccc(Br)cc1N. The molecule has 2 nitrogen and oxygen atoms in total. The van der Waals surface area contributed by atoms with E-state index in [1.54, 1.807) is 0 Å². The van der Waals surface area contributed by atoms with Gasteiger partial charge in [0.15, 0.2) is 0 Å². The highest BCUT2D eigenvalue weighted by Crippen LogP contribution is 2.24. The smallest absolute Gasteiger partial charge is 0.122 e. The van der Waals surface area contributed by atoms with Crippen LogP contribution in [0.25, 0.3) is 0 Å². The molecule has 0 spiro atoms. The lowest BCUT2D eigenvalue weighted by Gasteiger charge is -2.11. The molecule has 2 rings (SSSR count). The lowest BCUT2D eigenvalue weighted by Crippen LogP contribution is -2.01. The number of aryl methyl sites for hydroxylation is 1. The Bertz CT molecular complexity index is 520. The van der Waals surface area contributed by atoms with Crippen LogP contribution in [0.2, 0.25) is 5.02 Å². The first kappa shape index (κ1) is 13.2. The lowest BCUT2D eigenvalue weighted by molar-refractivity contribution is 0.305. The van der Waals surface area contributed by atoms with E-state index in [-0.39, 0.29) is 0 Å². The van der Waals surface area contributed by atoms with Crippen molar-refractivity contribution in [2.24, 2.45) is 0 Å². The first-order valence-corrected chi connectivity index (χ1v) is 6.66. The van der Waals surface area contributed by atoms with E-state index in [2.05, 4.69) is 15.9 Å². The van der Waals surface area contributed by atoms with Gasteiger partial charge >= 0.3 is 0 Å². The number of nitrogens with two attached hydrogens (primary N) is 1. The number of anilines is 1. The molecule has 0 saturated carbocycles. The van der Waals surface area contributed by atoms with Gasteiger partial charge < -0.3 is 10.5 Å². The van der Waals surface area contributed by atoms with Crippen LogP contribution in [0.1, 0.15) is 11.1 Å². The number of halogens is 2. The Kier molecular flexibility index (Phi) is 4.15. The van der Waals surface area contributed by atoms with E-state index in [1.807, 2.05) is 43.3 Å². The zero-order valence-electron chi connectivity index (χ0n) is 9.91. The molecule has 0 fully saturated rings. The van der Waals surface area contributed by atoms with E-state index in [0.717, 1.165) is 27.0 Å². The molecular weight excluding hydrogens is 314 g/mol. The van der Waals surface area contributed by atoms with Crippen molar-refractivity contribution in [1.82, 2.24) is 0 Å². The number of ether oxygens (including phenoxy) is 1. The fourth-order valence-electron chi connectivity index (χ4n) is 1.63. The molecule has 0 unspecified atom stereocenters. The largest absolute Gasteiger partial charge is 0.489 e. The molecule has 0 aliphatic heterocycles. The highest BCUT2D eigenvalue weighted by Gasteiger charge is 2.04. The van der Waals surface area contributed by atoms with E-state index < -0.39 is 0 Å². The molecular formula is C14H13BrClNO. The van der Waals surface area contributed by atoms with Crippen molar-refractivity contribution in [3.05, 3.63) is 57.0 Å². The molecule has 2 aromatic carbocycles. The second kappa shape index (κ2) is 5.63. The fraction of sp³-hybridized carbons (Fsp3) is 0.143. The number of nitrogen functional groups attached to an aromatic ring is 1. The van der Waals surface area contributed by atoms with Crippen LogP contribution in [0.4, 0.5) is 5.69 Å². The van der Waals surface area contributed by atoms with Gasteiger partial charge in [0.2, 0.25) is 0 Å². The molecule has 0 radical (unpaired) electrons. The summed E-state index contributed by atoms with van der Waals surface area (Å²) in [6.45, 7) is 2.41. The summed E-state index contributed by atoms with van der Waals surface area (Å²) in [6, 6.07) is 11.3. The van der Waals surface area contributed by atoms with E-state index in [9.17, 15) is 0 Å². The highest BCUT2D eigenvalue weighted by molar-refractivity contribution is 9.10. The highest BCUT2D eigenvalue weighted by atomic mass is 79.9. The number of benzene rings is 2. The Morgan fingerprint density at radius 2 is 2.00 bits per heavy atom. The van der Waals surface area contributed by atoms with Crippen LogP contribution in [0.15, 0.2) is 40.9 Å². The third kappa shape index (κ3) is 3.18. The van der Waals surface area contributed by atoms with Gasteiger partial charge in [0.1, 0.15) is 12.4 Å². The Morgan fingerprint density at radius 3 is 2.67 bits per heavy atom. The Hall–Kier alpha value is -1.19. The normalized spacial score (nSPS) is 10.4. The minimum Gasteiger partial charge on any atom is -0.489 e. The predicted molar refractivity (Wildman–Crippen MR) is 79.1 cm³/mol. The van der Waals surface area contributed by atoms with Crippen molar-refractivity contribution in [2.45, 2.75) is 13.5 Å². The minimum atomic E-state index is 0.446. The van der Waals surface area contributed by atoms with Crippen LogP contribution in [0, 0.1) is 6.92 Å². The van der Waals surface area contributed by atoms with Gasteiger partial charge in [0.25, 0.3) is 0 Å². The molecule has 2 aromatic rings. The van der Waals surface area contributed by atoms with Crippen molar-refractivity contribution < 1.29 is 4.74 Å².